The van der Waals surface area contributed by atoms with Gasteiger partial charge in [0.05, 0.1) is 18.8 Å². The van der Waals surface area contributed by atoms with Gasteiger partial charge < -0.3 is 37.5 Å². The van der Waals surface area contributed by atoms with Crippen molar-refractivity contribution in [3.05, 3.63) is 18.2 Å². The van der Waals surface area contributed by atoms with Crippen molar-refractivity contribution in [3.8, 4) is 0 Å². The lowest BCUT2D eigenvalue weighted by molar-refractivity contribution is -0.143. The van der Waals surface area contributed by atoms with E-state index in [-0.39, 0.29) is 12.3 Å². The van der Waals surface area contributed by atoms with Crippen molar-refractivity contribution in [3.63, 3.8) is 0 Å². The van der Waals surface area contributed by atoms with Gasteiger partial charge in [-0.05, 0) is 11.8 Å². The summed E-state index contributed by atoms with van der Waals surface area (Å²) in [6.07, 6.45) is 2.28. The quantitative estimate of drug-likeness (QED) is 0.171. The molecule has 1 heterocycles. The maximum absolute atomic E-state index is 13.0. The summed E-state index contributed by atoms with van der Waals surface area (Å²) in [5.41, 5.74) is 11.6. The Balaban J connectivity index is 3.07. The van der Waals surface area contributed by atoms with E-state index in [2.05, 4.69) is 25.9 Å². The third kappa shape index (κ3) is 8.88. The molecule has 0 fully saturated rings. The molecular weight excluding hydrogens is 434 g/mol. The minimum atomic E-state index is -1.45. The fourth-order valence-corrected chi connectivity index (χ4v) is 2.85. The number of primary amides is 1. The first-order chi connectivity index (χ1) is 15.3. The van der Waals surface area contributed by atoms with Crippen molar-refractivity contribution >= 4 is 29.6 Å². The molecule has 33 heavy (non-hydrogen) atoms. The van der Waals surface area contributed by atoms with Gasteiger partial charge >= 0.3 is 5.97 Å². The van der Waals surface area contributed by atoms with Gasteiger partial charge in [0.25, 0.3) is 0 Å². The maximum Gasteiger partial charge on any atom is 0.326 e. The molecule has 0 bridgehead atoms. The Morgan fingerprint density at radius 2 is 1.55 bits per heavy atom. The van der Waals surface area contributed by atoms with Crippen molar-refractivity contribution in [1.82, 2.24) is 25.9 Å². The summed E-state index contributed by atoms with van der Waals surface area (Å²) in [5.74, 6) is -5.07. The normalized spacial score (nSPS) is 14.8. The second kappa shape index (κ2) is 12.5. The monoisotopic (exact) mass is 467 g/mol. The minimum Gasteiger partial charge on any atom is -0.480 e. The van der Waals surface area contributed by atoms with E-state index in [1.165, 1.54) is 12.5 Å². The summed E-state index contributed by atoms with van der Waals surface area (Å²) in [6, 6.07) is -4.73. The van der Waals surface area contributed by atoms with E-state index >= 15 is 0 Å². The first-order valence-corrected chi connectivity index (χ1v) is 10.5. The summed E-state index contributed by atoms with van der Waals surface area (Å²) in [6.45, 7) is 6.67. The van der Waals surface area contributed by atoms with E-state index in [0.717, 1.165) is 0 Å². The first kappa shape index (κ1) is 27.6. The number of carbonyl (C=O) groups excluding carboxylic acids is 4. The molecule has 0 saturated heterocycles. The zero-order valence-corrected chi connectivity index (χ0v) is 19.1. The zero-order valence-electron chi connectivity index (χ0n) is 19.1. The largest absolute Gasteiger partial charge is 0.480 e. The highest BCUT2D eigenvalue weighted by atomic mass is 16.4. The van der Waals surface area contributed by atoms with Gasteiger partial charge in [0.1, 0.15) is 18.1 Å². The van der Waals surface area contributed by atoms with Crippen LogP contribution < -0.4 is 27.4 Å². The number of carboxylic acid groups (broad SMARTS) is 1. The maximum atomic E-state index is 13.0. The summed E-state index contributed by atoms with van der Waals surface area (Å²) >= 11 is 0. The number of hydrogen-bond donors (Lipinski definition) is 7. The Morgan fingerprint density at radius 3 is 2.00 bits per heavy atom. The summed E-state index contributed by atoms with van der Waals surface area (Å²) < 4.78 is 0. The number of nitrogens with one attached hydrogen (secondary N) is 4. The lowest BCUT2D eigenvalue weighted by atomic mass is 10.0. The van der Waals surface area contributed by atoms with Gasteiger partial charge in [0.15, 0.2) is 0 Å². The van der Waals surface area contributed by atoms with E-state index in [4.69, 9.17) is 11.5 Å². The van der Waals surface area contributed by atoms with Gasteiger partial charge in [-0.25, -0.2) is 9.78 Å². The molecule has 4 unspecified atom stereocenters. The number of aliphatic carboxylic acids is 1. The van der Waals surface area contributed by atoms with Crippen LogP contribution in [-0.2, 0) is 30.4 Å². The number of hydrogen-bond acceptors (Lipinski definition) is 7. The molecule has 9 N–H and O–H groups in total. The molecule has 1 aromatic rings. The number of nitrogens with zero attached hydrogens (tertiary/aromatic N) is 1. The van der Waals surface area contributed by atoms with Crippen molar-refractivity contribution < 1.29 is 29.1 Å². The fourth-order valence-electron chi connectivity index (χ4n) is 2.85. The van der Waals surface area contributed by atoms with Crippen LogP contribution in [-0.4, -0.2) is 68.8 Å². The molecule has 0 spiro atoms. The van der Waals surface area contributed by atoms with Crippen LogP contribution in [0.15, 0.2) is 12.5 Å². The number of imidazole rings is 1. The smallest absolute Gasteiger partial charge is 0.326 e. The Hall–Kier alpha value is -3.48. The highest BCUT2D eigenvalue weighted by Crippen LogP contribution is 2.06. The molecule has 0 aliphatic rings. The Kier molecular flexibility index (Phi) is 10.5. The standard InChI is InChI=1S/C20H33N7O6/c1-9(2)15(22)19(31)26-12(5-11-7-23-8-24-11)17(29)25-13(6-14(21)28)18(30)27-16(10(3)4)20(32)33/h7-10,12-13,15-16H,5-6,22H2,1-4H3,(H2,21,28)(H,23,24)(H,25,29)(H,26,31)(H,27,30)(H,32,33). The molecule has 1 aromatic heterocycles. The highest BCUT2D eigenvalue weighted by Gasteiger charge is 2.32. The van der Waals surface area contributed by atoms with Gasteiger partial charge in [-0.2, -0.15) is 0 Å². The average molecular weight is 468 g/mol. The molecule has 13 heteroatoms. The van der Waals surface area contributed by atoms with Crippen molar-refractivity contribution in [2.24, 2.45) is 23.3 Å². The Labute approximate surface area is 191 Å². The molecule has 0 radical (unpaired) electrons. The number of rotatable bonds is 13. The first-order valence-electron chi connectivity index (χ1n) is 10.5. The predicted molar refractivity (Wildman–Crippen MR) is 117 cm³/mol. The van der Waals surface area contributed by atoms with Crippen LogP contribution in [0.25, 0.3) is 0 Å². The summed E-state index contributed by atoms with van der Waals surface area (Å²) in [5, 5.41) is 16.5. The Morgan fingerprint density at radius 1 is 0.970 bits per heavy atom. The third-order valence-electron chi connectivity index (χ3n) is 4.90. The zero-order chi connectivity index (χ0) is 25.3. The van der Waals surface area contributed by atoms with Gasteiger partial charge in [0, 0.05) is 18.3 Å². The van der Waals surface area contributed by atoms with E-state index in [0.29, 0.717) is 5.69 Å². The predicted octanol–water partition coefficient (Wildman–Crippen LogP) is -1.99. The Bertz CT molecular complexity index is 840. The number of carboxylic acids is 1. The van der Waals surface area contributed by atoms with Gasteiger partial charge in [-0.1, -0.05) is 27.7 Å². The molecule has 4 amide bonds. The number of nitrogens with two attached hydrogens (primary N) is 2. The third-order valence-corrected chi connectivity index (χ3v) is 4.90. The van der Waals surface area contributed by atoms with Crippen molar-refractivity contribution in [2.75, 3.05) is 0 Å². The van der Waals surface area contributed by atoms with E-state index in [9.17, 15) is 29.1 Å². The lowest BCUT2D eigenvalue weighted by Gasteiger charge is -2.25. The number of amides is 4. The fraction of sp³-hybridized carbons (Fsp3) is 0.600. The molecule has 0 aliphatic heterocycles. The minimum absolute atomic E-state index is 0.00293. The SMILES string of the molecule is CC(C)C(N)C(=O)NC(Cc1cnc[nH]1)C(=O)NC(CC(N)=O)C(=O)NC(C(=O)O)C(C)C. The van der Waals surface area contributed by atoms with Crippen molar-refractivity contribution in [2.45, 2.75) is 64.7 Å². The topological polar surface area (TPSA) is 222 Å². The number of H-pyrrole nitrogens is 1. The lowest BCUT2D eigenvalue weighted by Crippen LogP contribution is -2.59. The summed E-state index contributed by atoms with van der Waals surface area (Å²) in [7, 11) is 0. The average Bonchev–Trinajstić information content (AvgIpc) is 3.22. The van der Waals surface area contributed by atoms with Gasteiger partial charge in [-0.3, -0.25) is 19.2 Å². The number of aromatic amines is 1. The van der Waals surface area contributed by atoms with Crippen LogP contribution in [0.4, 0.5) is 0 Å². The molecule has 0 saturated carbocycles. The van der Waals surface area contributed by atoms with Crippen LogP contribution in [0.2, 0.25) is 0 Å². The van der Waals surface area contributed by atoms with Crippen molar-refractivity contribution in [1.29, 1.82) is 0 Å². The van der Waals surface area contributed by atoms with Crippen LogP contribution in [0, 0.1) is 11.8 Å². The molecule has 1 rings (SSSR count). The molecule has 13 nitrogen and oxygen atoms in total. The second-order valence-corrected chi connectivity index (χ2v) is 8.41. The van der Waals surface area contributed by atoms with Crippen LogP contribution in [0.3, 0.4) is 0 Å². The van der Waals surface area contributed by atoms with E-state index in [1.54, 1.807) is 27.7 Å². The number of aromatic nitrogens is 2. The number of carbonyl (C=O) groups is 5. The van der Waals surface area contributed by atoms with Crippen LogP contribution in [0.5, 0.6) is 0 Å². The van der Waals surface area contributed by atoms with Crippen LogP contribution >= 0.6 is 0 Å². The van der Waals surface area contributed by atoms with Gasteiger partial charge in [-0.15, -0.1) is 0 Å². The second-order valence-electron chi connectivity index (χ2n) is 8.41. The highest BCUT2D eigenvalue weighted by molar-refractivity contribution is 5.96. The van der Waals surface area contributed by atoms with E-state index in [1.807, 2.05) is 0 Å². The molecule has 0 aromatic carbocycles. The van der Waals surface area contributed by atoms with Crippen LogP contribution in [0.1, 0.15) is 39.8 Å². The molecule has 0 aliphatic carbocycles. The van der Waals surface area contributed by atoms with Gasteiger partial charge in [0.2, 0.25) is 23.6 Å². The van der Waals surface area contributed by atoms with E-state index < -0.39 is 66.1 Å². The summed E-state index contributed by atoms with van der Waals surface area (Å²) in [4.78, 5) is 67.7. The molecule has 4 atom stereocenters. The molecule has 184 valence electrons. The molecular formula is C20H33N7O6.